The van der Waals surface area contributed by atoms with Crippen molar-refractivity contribution in [2.45, 2.75) is 32.7 Å². The normalized spacial score (nSPS) is 10.5. The summed E-state index contributed by atoms with van der Waals surface area (Å²) in [6, 6.07) is 14.8. The fourth-order valence-corrected chi connectivity index (χ4v) is 4.17. The molecule has 0 saturated carbocycles. The molecule has 0 radical (unpaired) electrons. The summed E-state index contributed by atoms with van der Waals surface area (Å²) in [5.41, 5.74) is 5.71. The number of carbonyl (C=O) groups is 2. The number of amides is 2. The Bertz CT molecular complexity index is 1160. The van der Waals surface area contributed by atoms with Gasteiger partial charge < -0.3 is 15.4 Å². The first kappa shape index (κ1) is 23.3. The number of nitrogens with one attached hydrogen (secondary N) is 2. The monoisotopic (exact) mass is 449 g/mol. The standard InChI is InChI=1S/C25H27N3O3S/c1-15-9-10-20(12-16(15)2)27-22(29)14-32-25-23(17(3)11-18(4)26-25)24(30)28-19-7-6-8-21(13-19)31-5/h6-13H,14H2,1-5H3,(H,27,29)(H,28,30). The maximum atomic E-state index is 13.1. The van der Waals surface area contributed by atoms with Crippen LogP contribution < -0.4 is 15.4 Å². The molecule has 0 fully saturated rings. The summed E-state index contributed by atoms with van der Waals surface area (Å²) in [5.74, 6) is 0.361. The summed E-state index contributed by atoms with van der Waals surface area (Å²) in [7, 11) is 1.58. The van der Waals surface area contributed by atoms with Gasteiger partial charge in [-0.25, -0.2) is 4.98 Å². The van der Waals surface area contributed by atoms with Crippen LogP contribution in [0.3, 0.4) is 0 Å². The van der Waals surface area contributed by atoms with E-state index in [0.717, 1.165) is 22.5 Å². The van der Waals surface area contributed by atoms with Crippen molar-refractivity contribution in [3.8, 4) is 5.75 Å². The van der Waals surface area contributed by atoms with Crippen LogP contribution in [0.1, 0.15) is 32.7 Å². The van der Waals surface area contributed by atoms with E-state index in [0.29, 0.717) is 22.0 Å². The molecule has 1 heterocycles. The van der Waals surface area contributed by atoms with Crippen molar-refractivity contribution >= 4 is 35.0 Å². The van der Waals surface area contributed by atoms with E-state index in [1.165, 1.54) is 17.3 Å². The maximum absolute atomic E-state index is 13.1. The molecule has 0 atom stereocenters. The van der Waals surface area contributed by atoms with E-state index in [9.17, 15) is 9.59 Å². The van der Waals surface area contributed by atoms with Gasteiger partial charge in [-0.3, -0.25) is 9.59 Å². The van der Waals surface area contributed by atoms with Gasteiger partial charge in [0.05, 0.1) is 18.4 Å². The lowest BCUT2D eigenvalue weighted by Crippen LogP contribution is -2.18. The number of methoxy groups -OCH3 is 1. The number of ether oxygens (including phenoxy) is 1. The maximum Gasteiger partial charge on any atom is 0.258 e. The van der Waals surface area contributed by atoms with Crippen LogP contribution in [-0.4, -0.2) is 29.7 Å². The Kier molecular flexibility index (Phi) is 7.53. The Balaban J connectivity index is 1.75. The zero-order valence-corrected chi connectivity index (χ0v) is 19.7. The van der Waals surface area contributed by atoms with E-state index in [4.69, 9.17) is 4.74 Å². The predicted octanol–water partition coefficient (Wildman–Crippen LogP) is 5.31. The fraction of sp³-hybridized carbons (Fsp3) is 0.240. The molecule has 0 saturated heterocycles. The van der Waals surface area contributed by atoms with Crippen LogP contribution in [0.15, 0.2) is 53.6 Å². The highest BCUT2D eigenvalue weighted by molar-refractivity contribution is 8.00. The average molecular weight is 450 g/mol. The lowest BCUT2D eigenvalue weighted by atomic mass is 10.1. The summed E-state index contributed by atoms with van der Waals surface area (Å²) in [6.45, 7) is 7.78. The third kappa shape index (κ3) is 5.88. The van der Waals surface area contributed by atoms with E-state index < -0.39 is 0 Å². The number of pyridine rings is 1. The van der Waals surface area contributed by atoms with Crippen LogP contribution in [0, 0.1) is 27.7 Å². The minimum atomic E-state index is -0.277. The molecule has 6 nitrogen and oxygen atoms in total. The van der Waals surface area contributed by atoms with Crippen LogP contribution >= 0.6 is 11.8 Å². The van der Waals surface area contributed by atoms with Crippen LogP contribution in [-0.2, 0) is 4.79 Å². The molecule has 0 bridgehead atoms. The van der Waals surface area contributed by atoms with Crippen molar-refractivity contribution in [3.05, 3.63) is 76.5 Å². The van der Waals surface area contributed by atoms with Crippen LogP contribution in [0.4, 0.5) is 11.4 Å². The molecule has 0 aliphatic heterocycles. The van der Waals surface area contributed by atoms with Gasteiger partial charge in [-0.05, 0) is 74.7 Å². The third-order valence-corrected chi connectivity index (χ3v) is 5.97. The van der Waals surface area contributed by atoms with Crippen molar-refractivity contribution in [1.29, 1.82) is 0 Å². The Hall–Kier alpha value is -3.32. The topological polar surface area (TPSA) is 80.3 Å². The van der Waals surface area contributed by atoms with Crippen LogP contribution in [0.5, 0.6) is 5.75 Å². The first-order valence-corrected chi connectivity index (χ1v) is 11.2. The van der Waals surface area contributed by atoms with Crippen molar-refractivity contribution in [1.82, 2.24) is 4.98 Å². The molecule has 1 aromatic heterocycles. The number of carbonyl (C=O) groups excluding carboxylic acids is 2. The minimum Gasteiger partial charge on any atom is -0.497 e. The highest BCUT2D eigenvalue weighted by Gasteiger charge is 2.19. The first-order valence-electron chi connectivity index (χ1n) is 10.2. The summed E-state index contributed by atoms with van der Waals surface area (Å²) in [5, 5.41) is 6.33. The number of aromatic nitrogens is 1. The smallest absolute Gasteiger partial charge is 0.258 e. The van der Waals surface area contributed by atoms with E-state index in [1.54, 1.807) is 19.2 Å². The van der Waals surface area contributed by atoms with Gasteiger partial charge in [0, 0.05) is 23.1 Å². The summed E-state index contributed by atoms with van der Waals surface area (Å²) in [4.78, 5) is 30.1. The molecular formula is C25H27N3O3S. The van der Waals surface area contributed by atoms with Crippen molar-refractivity contribution in [2.75, 3.05) is 23.5 Å². The number of thioether (sulfide) groups is 1. The summed E-state index contributed by atoms with van der Waals surface area (Å²) >= 11 is 1.25. The number of benzene rings is 2. The van der Waals surface area contributed by atoms with Gasteiger partial charge in [-0.15, -0.1) is 0 Å². The molecule has 3 aromatic rings. The average Bonchev–Trinajstić information content (AvgIpc) is 2.74. The first-order chi connectivity index (χ1) is 15.3. The molecular weight excluding hydrogens is 422 g/mol. The molecule has 2 aromatic carbocycles. The predicted molar refractivity (Wildman–Crippen MR) is 130 cm³/mol. The number of rotatable bonds is 7. The molecule has 0 aliphatic carbocycles. The van der Waals surface area contributed by atoms with Gasteiger partial charge in [-0.1, -0.05) is 23.9 Å². The van der Waals surface area contributed by atoms with Gasteiger partial charge in [0.25, 0.3) is 5.91 Å². The number of hydrogen-bond donors (Lipinski definition) is 2. The van der Waals surface area contributed by atoms with E-state index >= 15 is 0 Å². The number of aryl methyl sites for hydroxylation is 4. The minimum absolute atomic E-state index is 0.141. The number of anilines is 2. The molecule has 3 rings (SSSR count). The third-order valence-electron chi connectivity index (χ3n) is 5.00. The zero-order valence-electron chi connectivity index (χ0n) is 18.9. The largest absolute Gasteiger partial charge is 0.497 e. The van der Waals surface area contributed by atoms with E-state index in [1.807, 2.05) is 64.1 Å². The molecule has 2 N–H and O–H groups in total. The Labute approximate surface area is 192 Å². The quantitative estimate of drug-likeness (QED) is 0.478. The second-order valence-corrected chi connectivity index (χ2v) is 8.55. The van der Waals surface area contributed by atoms with Gasteiger partial charge in [0.15, 0.2) is 0 Å². The van der Waals surface area contributed by atoms with Gasteiger partial charge in [0.1, 0.15) is 10.8 Å². The molecule has 2 amide bonds. The van der Waals surface area contributed by atoms with Gasteiger partial charge in [-0.2, -0.15) is 0 Å². The van der Waals surface area contributed by atoms with E-state index in [2.05, 4.69) is 15.6 Å². The molecule has 0 spiro atoms. The van der Waals surface area contributed by atoms with Crippen molar-refractivity contribution in [3.63, 3.8) is 0 Å². The summed E-state index contributed by atoms with van der Waals surface area (Å²) < 4.78 is 5.22. The molecule has 0 aliphatic rings. The van der Waals surface area contributed by atoms with Crippen molar-refractivity contribution < 1.29 is 14.3 Å². The van der Waals surface area contributed by atoms with Crippen molar-refractivity contribution in [2.24, 2.45) is 0 Å². The van der Waals surface area contributed by atoms with Gasteiger partial charge >= 0.3 is 0 Å². The molecule has 7 heteroatoms. The lowest BCUT2D eigenvalue weighted by Gasteiger charge is -2.14. The zero-order chi connectivity index (χ0) is 23.3. The Morgan fingerprint density at radius 1 is 0.906 bits per heavy atom. The molecule has 0 unspecified atom stereocenters. The molecule has 166 valence electrons. The van der Waals surface area contributed by atoms with Gasteiger partial charge in [0.2, 0.25) is 5.91 Å². The molecule has 32 heavy (non-hydrogen) atoms. The lowest BCUT2D eigenvalue weighted by molar-refractivity contribution is -0.113. The van der Waals surface area contributed by atoms with Crippen LogP contribution in [0.2, 0.25) is 0 Å². The number of nitrogens with zero attached hydrogens (tertiary/aromatic N) is 1. The van der Waals surface area contributed by atoms with E-state index in [-0.39, 0.29) is 17.6 Å². The fourth-order valence-electron chi connectivity index (χ4n) is 3.23. The SMILES string of the molecule is COc1cccc(NC(=O)c2c(C)cc(C)nc2SCC(=O)Nc2ccc(C)c(C)c2)c1. The summed E-state index contributed by atoms with van der Waals surface area (Å²) in [6.07, 6.45) is 0. The highest BCUT2D eigenvalue weighted by Crippen LogP contribution is 2.26. The second kappa shape index (κ2) is 10.3. The second-order valence-electron chi connectivity index (χ2n) is 7.58. The van der Waals surface area contributed by atoms with Crippen LogP contribution in [0.25, 0.3) is 0 Å². The Morgan fingerprint density at radius 2 is 1.66 bits per heavy atom. The number of hydrogen-bond acceptors (Lipinski definition) is 5. The highest BCUT2D eigenvalue weighted by atomic mass is 32.2. The Morgan fingerprint density at radius 3 is 2.38 bits per heavy atom.